The van der Waals surface area contributed by atoms with E-state index >= 15 is 0 Å². The standard InChI is InChI=1S/C15H25N3O/c1-11-8-12(2)17-15(14(11)9-16)18(3)6-7-19-10-13-4-5-13/h8,13H,4-7,9-10,16H2,1-3H3. The molecule has 2 N–H and O–H groups in total. The summed E-state index contributed by atoms with van der Waals surface area (Å²) >= 11 is 0. The molecule has 0 radical (unpaired) electrons. The fourth-order valence-electron chi connectivity index (χ4n) is 2.25. The van der Waals surface area contributed by atoms with Gasteiger partial charge >= 0.3 is 0 Å². The minimum atomic E-state index is 0.529. The van der Waals surface area contributed by atoms with E-state index in [4.69, 9.17) is 10.5 Å². The molecule has 0 aromatic carbocycles. The smallest absolute Gasteiger partial charge is 0.133 e. The van der Waals surface area contributed by atoms with Crippen LogP contribution in [-0.2, 0) is 11.3 Å². The average Bonchev–Trinajstić information content (AvgIpc) is 3.17. The van der Waals surface area contributed by atoms with Crippen molar-refractivity contribution in [2.45, 2.75) is 33.2 Å². The van der Waals surface area contributed by atoms with Crippen molar-refractivity contribution in [3.8, 4) is 0 Å². The lowest BCUT2D eigenvalue weighted by atomic mass is 10.1. The largest absolute Gasteiger partial charge is 0.379 e. The van der Waals surface area contributed by atoms with Crippen molar-refractivity contribution in [1.82, 2.24) is 4.98 Å². The van der Waals surface area contributed by atoms with Crippen LogP contribution in [0, 0.1) is 19.8 Å². The number of hydrogen-bond donors (Lipinski definition) is 1. The minimum Gasteiger partial charge on any atom is -0.379 e. The summed E-state index contributed by atoms with van der Waals surface area (Å²) in [6, 6.07) is 2.09. The molecule has 0 bridgehead atoms. The number of hydrogen-bond acceptors (Lipinski definition) is 4. The number of pyridine rings is 1. The molecule has 0 saturated heterocycles. The first-order valence-corrected chi connectivity index (χ1v) is 7.08. The van der Waals surface area contributed by atoms with Crippen LogP contribution < -0.4 is 10.6 Å². The maximum atomic E-state index is 5.84. The van der Waals surface area contributed by atoms with Crippen LogP contribution in [0.4, 0.5) is 5.82 Å². The van der Waals surface area contributed by atoms with Crippen LogP contribution in [0.3, 0.4) is 0 Å². The van der Waals surface area contributed by atoms with E-state index in [2.05, 4.69) is 29.9 Å². The monoisotopic (exact) mass is 263 g/mol. The number of ether oxygens (including phenoxy) is 1. The number of rotatable bonds is 7. The lowest BCUT2D eigenvalue weighted by molar-refractivity contribution is 0.130. The predicted molar refractivity (Wildman–Crippen MR) is 78.4 cm³/mol. The Balaban J connectivity index is 1.94. The third-order valence-electron chi connectivity index (χ3n) is 3.64. The molecule has 1 aromatic rings. The summed E-state index contributed by atoms with van der Waals surface area (Å²) < 4.78 is 5.68. The normalized spacial score (nSPS) is 14.7. The topological polar surface area (TPSA) is 51.4 Å². The molecule has 1 heterocycles. The van der Waals surface area contributed by atoms with Gasteiger partial charge in [-0.3, -0.25) is 0 Å². The molecule has 4 heteroatoms. The molecule has 106 valence electrons. The number of likely N-dealkylation sites (N-methyl/N-ethyl adjacent to an activating group) is 1. The van der Waals surface area contributed by atoms with Gasteiger partial charge in [0.2, 0.25) is 0 Å². The van der Waals surface area contributed by atoms with E-state index in [0.29, 0.717) is 6.54 Å². The quantitative estimate of drug-likeness (QED) is 0.765. The summed E-state index contributed by atoms with van der Waals surface area (Å²) in [5.74, 6) is 1.82. The highest BCUT2D eigenvalue weighted by Crippen LogP contribution is 2.28. The van der Waals surface area contributed by atoms with Gasteiger partial charge in [0.1, 0.15) is 5.82 Å². The summed E-state index contributed by atoms with van der Waals surface area (Å²) in [4.78, 5) is 6.77. The molecule has 4 nitrogen and oxygen atoms in total. The number of nitrogens with zero attached hydrogens (tertiary/aromatic N) is 2. The summed E-state index contributed by atoms with van der Waals surface area (Å²) in [6.07, 6.45) is 2.68. The second-order valence-electron chi connectivity index (χ2n) is 5.53. The highest BCUT2D eigenvalue weighted by Gasteiger charge is 2.21. The Labute approximate surface area is 116 Å². The maximum Gasteiger partial charge on any atom is 0.133 e. The van der Waals surface area contributed by atoms with E-state index in [0.717, 1.165) is 42.8 Å². The van der Waals surface area contributed by atoms with Crippen molar-refractivity contribution in [3.05, 3.63) is 22.9 Å². The Kier molecular flexibility index (Phi) is 4.77. The number of anilines is 1. The molecule has 0 aliphatic heterocycles. The van der Waals surface area contributed by atoms with Gasteiger partial charge in [-0.1, -0.05) is 0 Å². The molecule has 0 unspecified atom stereocenters. The molecular weight excluding hydrogens is 238 g/mol. The van der Waals surface area contributed by atoms with E-state index in [1.54, 1.807) is 0 Å². The molecule has 19 heavy (non-hydrogen) atoms. The van der Waals surface area contributed by atoms with Gasteiger partial charge in [-0.25, -0.2) is 4.98 Å². The van der Waals surface area contributed by atoms with Crippen LogP contribution in [0.2, 0.25) is 0 Å². The number of nitrogens with two attached hydrogens (primary N) is 1. The molecule has 0 spiro atoms. The first-order valence-electron chi connectivity index (χ1n) is 7.08. The zero-order valence-electron chi connectivity index (χ0n) is 12.3. The maximum absolute atomic E-state index is 5.84. The first kappa shape index (κ1) is 14.3. The van der Waals surface area contributed by atoms with Gasteiger partial charge in [0.05, 0.1) is 6.61 Å². The van der Waals surface area contributed by atoms with Gasteiger partial charge in [0.15, 0.2) is 0 Å². The van der Waals surface area contributed by atoms with Gasteiger partial charge in [0.25, 0.3) is 0 Å². The Bertz CT molecular complexity index is 430. The SMILES string of the molecule is Cc1cc(C)c(CN)c(N(C)CCOCC2CC2)n1. The molecule has 1 saturated carbocycles. The van der Waals surface area contributed by atoms with Crippen LogP contribution in [0.1, 0.15) is 29.7 Å². The molecule has 2 rings (SSSR count). The summed E-state index contributed by atoms with van der Waals surface area (Å²) in [7, 11) is 2.06. The molecular formula is C15H25N3O. The molecule has 1 aliphatic carbocycles. The van der Waals surface area contributed by atoms with E-state index < -0.39 is 0 Å². The molecule has 1 aliphatic rings. The molecule has 0 amide bonds. The lowest BCUT2D eigenvalue weighted by Crippen LogP contribution is -2.26. The Morgan fingerprint density at radius 2 is 2.16 bits per heavy atom. The van der Waals surface area contributed by atoms with Gasteiger partial charge in [0, 0.05) is 38.0 Å². The van der Waals surface area contributed by atoms with Gasteiger partial charge in [-0.15, -0.1) is 0 Å². The molecule has 0 atom stereocenters. The van der Waals surface area contributed by atoms with Crippen molar-refractivity contribution >= 4 is 5.82 Å². The zero-order chi connectivity index (χ0) is 13.8. The third kappa shape index (κ3) is 3.91. The summed E-state index contributed by atoms with van der Waals surface area (Å²) in [6.45, 7) is 7.17. The summed E-state index contributed by atoms with van der Waals surface area (Å²) in [5, 5.41) is 0. The summed E-state index contributed by atoms with van der Waals surface area (Å²) in [5.41, 5.74) is 9.23. The fraction of sp³-hybridized carbons (Fsp3) is 0.667. The number of aryl methyl sites for hydroxylation is 2. The highest BCUT2D eigenvalue weighted by atomic mass is 16.5. The van der Waals surface area contributed by atoms with E-state index in [9.17, 15) is 0 Å². The lowest BCUT2D eigenvalue weighted by Gasteiger charge is -2.22. The number of aromatic nitrogens is 1. The second-order valence-corrected chi connectivity index (χ2v) is 5.53. The van der Waals surface area contributed by atoms with Crippen molar-refractivity contribution in [3.63, 3.8) is 0 Å². The van der Waals surface area contributed by atoms with Crippen molar-refractivity contribution in [1.29, 1.82) is 0 Å². The van der Waals surface area contributed by atoms with Crippen molar-refractivity contribution in [2.24, 2.45) is 11.7 Å². The Hall–Kier alpha value is -1.13. The molecule has 1 fully saturated rings. The predicted octanol–water partition coefficient (Wildman–Crippen LogP) is 2.02. The van der Waals surface area contributed by atoms with Crippen LogP contribution in [0.15, 0.2) is 6.07 Å². The fourth-order valence-corrected chi connectivity index (χ4v) is 2.25. The Morgan fingerprint density at radius 3 is 2.79 bits per heavy atom. The zero-order valence-corrected chi connectivity index (χ0v) is 12.3. The van der Waals surface area contributed by atoms with E-state index in [1.165, 1.54) is 18.4 Å². The van der Waals surface area contributed by atoms with Gasteiger partial charge < -0.3 is 15.4 Å². The van der Waals surface area contributed by atoms with Crippen LogP contribution in [0.25, 0.3) is 0 Å². The van der Waals surface area contributed by atoms with Crippen LogP contribution in [-0.4, -0.2) is 31.8 Å². The van der Waals surface area contributed by atoms with E-state index in [-0.39, 0.29) is 0 Å². The first-order chi connectivity index (χ1) is 9.11. The highest BCUT2D eigenvalue weighted by molar-refractivity contribution is 5.51. The second kappa shape index (κ2) is 6.35. The van der Waals surface area contributed by atoms with Crippen LogP contribution >= 0.6 is 0 Å². The van der Waals surface area contributed by atoms with Gasteiger partial charge in [-0.05, 0) is 44.2 Å². The third-order valence-corrected chi connectivity index (χ3v) is 3.64. The average molecular weight is 263 g/mol. The Morgan fingerprint density at radius 1 is 1.42 bits per heavy atom. The molecule has 1 aromatic heterocycles. The van der Waals surface area contributed by atoms with E-state index in [1.807, 2.05) is 6.92 Å². The van der Waals surface area contributed by atoms with Crippen LogP contribution in [0.5, 0.6) is 0 Å². The minimum absolute atomic E-state index is 0.529. The van der Waals surface area contributed by atoms with Crippen molar-refractivity contribution < 1.29 is 4.74 Å². The van der Waals surface area contributed by atoms with Crippen molar-refractivity contribution in [2.75, 3.05) is 31.7 Å². The van der Waals surface area contributed by atoms with Gasteiger partial charge in [-0.2, -0.15) is 0 Å².